The third-order valence-corrected chi connectivity index (χ3v) is 17.5. The zero-order valence-electron chi connectivity index (χ0n) is 43.2. The van der Waals surface area contributed by atoms with Crippen LogP contribution in [0.1, 0.15) is 136 Å². The van der Waals surface area contributed by atoms with Gasteiger partial charge in [0.2, 0.25) is 29.5 Å². The lowest BCUT2D eigenvalue weighted by atomic mass is 9.72. The van der Waals surface area contributed by atoms with Crippen LogP contribution in [-0.2, 0) is 27.8 Å². The minimum absolute atomic E-state index is 0.0140. The number of ether oxygens (including phenoxy) is 1. The Labute approximate surface area is 444 Å². The fourth-order valence-electron chi connectivity index (χ4n) is 11.7. The smallest absolute Gasteiger partial charge is 0.253 e. The molecule has 5 aromatic heterocycles. The second-order valence-electron chi connectivity index (χ2n) is 21.1. The first kappa shape index (κ1) is 51.9. The summed E-state index contributed by atoms with van der Waals surface area (Å²) in [5.41, 5.74) is 12.9. The van der Waals surface area contributed by atoms with Crippen LogP contribution in [-0.4, -0.2) is 129 Å². The summed E-state index contributed by atoms with van der Waals surface area (Å²) in [4.78, 5) is 55.7. The minimum atomic E-state index is -0.901. The molecule has 4 aliphatic rings. The summed E-state index contributed by atoms with van der Waals surface area (Å²) < 4.78 is 13.5. The predicted molar refractivity (Wildman–Crippen MR) is 283 cm³/mol. The molecule has 20 nitrogen and oxygen atoms in total. The van der Waals surface area contributed by atoms with Gasteiger partial charge in [-0.2, -0.15) is 10.2 Å². The monoisotopic (exact) mass is 1060 g/mol. The number of β-amino-alcohol motifs (C(OH)–C–C–N with tert-alkyl or cyclic N) is 1. The van der Waals surface area contributed by atoms with E-state index in [1.54, 1.807) is 30.0 Å². The van der Waals surface area contributed by atoms with Gasteiger partial charge in [-0.1, -0.05) is 35.7 Å². The fourth-order valence-corrected chi connectivity index (χ4v) is 13.7. The normalized spacial score (nSPS) is 22.5. The Bertz CT molecular complexity index is 3070. The maximum Gasteiger partial charge on any atom is 0.253 e. The number of nitrogens with one attached hydrogen (secondary N) is 1. The van der Waals surface area contributed by atoms with Crippen molar-refractivity contribution in [2.24, 2.45) is 5.92 Å². The Balaban J connectivity index is 0.714. The van der Waals surface area contributed by atoms with Crippen LogP contribution in [0.4, 0.5) is 10.9 Å². The number of amides is 2. The maximum absolute atomic E-state index is 14.4. The van der Waals surface area contributed by atoms with Crippen molar-refractivity contribution >= 4 is 45.4 Å². The van der Waals surface area contributed by atoms with E-state index in [9.17, 15) is 25.1 Å². The molecule has 2 aliphatic heterocycles. The van der Waals surface area contributed by atoms with Crippen LogP contribution in [0.2, 0.25) is 0 Å². The number of fused-ring (bicyclic) bond motifs is 2. The van der Waals surface area contributed by atoms with Gasteiger partial charge in [0, 0.05) is 54.3 Å². The highest BCUT2D eigenvalue weighted by atomic mass is 32.1. The van der Waals surface area contributed by atoms with Crippen molar-refractivity contribution in [3.63, 3.8) is 0 Å². The highest BCUT2D eigenvalue weighted by molar-refractivity contribution is 7.16. The van der Waals surface area contributed by atoms with Crippen molar-refractivity contribution < 1.29 is 29.1 Å². The number of nitrogens with two attached hydrogens (primary N) is 1. The molecule has 1 aromatic carbocycles. The molecule has 6 aromatic rings. The number of anilines is 2. The Kier molecular flexibility index (Phi) is 15.2. The fraction of sp³-hybridized carbons (Fsp3) is 0.547. The van der Waals surface area contributed by atoms with Gasteiger partial charge in [0.15, 0.2) is 0 Å². The molecule has 6 atom stereocenters. The number of carbonyl (C=O) groups is 2. The van der Waals surface area contributed by atoms with Crippen LogP contribution in [0.5, 0.6) is 11.6 Å². The van der Waals surface area contributed by atoms with Gasteiger partial charge in [0.05, 0.1) is 52.0 Å². The number of likely N-dealkylation sites (tertiary alicyclic amines) is 1. The number of hydrogen-bond acceptors (Lipinski definition) is 19. The van der Waals surface area contributed by atoms with Crippen molar-refractivity contribution in [1.82, 2.24) is 55.2 Å². The molecule has 2 fully saturated rings. The Morgan fingerprint density at radius 2 is 1.96 bits per heavy atom. The third-order valence-electron chi connectivity index (χ3n) is 15.5. The molecule has 22 heteroatoms. The lowest BCUT2D eigenvalue weighted by molar-refractivity contribution is -0.142. The molecule has 0 saturated carbocycles. The molecular formula is C53H66N14O6S2. The summed E-state index contributed by atoms with van der Waals surface area (Å²) in [6.07, 6.45) is 11.0. The van der Waals surface area contributed by atoms with Crippen LogP contribution in [0.15, 0.2) is 40.6 Å². The zero-order valence-corrected chi connectivity index (χ0v) is 44.9. The number of nitriles is 1. The number of aliphatic hydroxyl groups excluding tert-OH is 1. The lowest BCUT2D eigenvalue weighted by Crippen LogP contribution is -2.49. The number of unbranched alkanes of at least 4 members (excludes halogenated alkanes) is 1. The van der Waals surface area contributed by atoms with E-state index in [0.717, 1.165) is 116 Å². The number of thiazole rings is 1. The number of hydrogen-bond donors (Lipinski definition) is 4. The number of aliphatic hydroxyl groups is 1. The summed E-state index contributed by atoms with van der Waals surface area (Å²) in [5, 5.41) is 48.9. The van der Waals surface area contributed by atoms with Crippen LogP contribution in [0.25, 0.3) is 22.0 Å². The van der Waals surface area contributed by atoms with Crippen molar-refractivity contribution in [2.45, 2.75) is 141 Å². The number of aryl methyl sites for hydroxylation is 3. The van der Waals surface area contributed by atoms with E-state index >= 15 is 0 Å². The Hall–Kier alpha value is -6.54. The zero-order chi connectivity index (χ0) is 52.5. The average molecular weight is 1060 g/mol. The highest BCUT2D eigenvalue weighted by Gasteiger charge is 2.45. The first-order valence-electron chi connectivity index (χ1n) is 26.3. The van der Waals surface area contributed by atoms with E-state index in [4.69, 9.17) is 25.0 Å². The summed E-state index contributed by atoms with van der Waals surface area (Å²) >= 11 is 3.00. The van der Waals surface area contributed by atoms with E-state index < -0.39 is 29.6 Å². The number of nitrogens with zero attached hydrogens (tertiary/aromatic N) is 12. The molecule has 2 amide bonds. The molecule has 396 valence electrons. The number of phenolic OH excluding ortho intramolecular Hbond substituents is 1. The quantitative estimate of drug-likeness (QED) is 0.0601. The second kappa shape index (κ2) is 22.0. The van der Waals surface area contributed by atoms with E-state index in [1.807, 2.05) is 20.8 Å². The third kappa shape index (κ3) is 10.6. The molecule has 75 heavy (non-hydrogen) atoms. The molecule has 0 spiro atoms. The SMILES string of the molecule is Cc1ncsc1-c1cc(O)c2c(c1)CCCCC2NC(=O)[C@@H]1C[C@@H](O)CN1C(=O)[C@H](C(C)C)n1cc(OCCCCN2CCCN(c3nccc(-c4noc([C@@]5(C)CCCc6sc(N)c(C#N)c65)n4)n3)[C@@H](C)C2)nn1. The minimum Gasteiger partial charge on any atom is -0.508 e. The van der Waals surface area contributed by atoms with Gasteiger partial charge in [-0.15, -0.1) is 22.7 Å². The molecule has 2 saturated heterocycles. The number of carbonyl (C=O) groups excluding carboxylic acids is 2. The van der Waals surface area contributed by atoms with Crippen molar-refractivity contribution in [3.05, 3.63) is 74.8 Å². The first-order chi connectivity index (χ1) is 36.2. The molecule has 5 N–H and O–H groups in total. The van der Waals surface area contributed by atoms with Crippen molar-refractivity contribution in [2.75, 3.05) is 50.0 Å². The molecule has 10 rings (SSSR count). The number of rotatable bonds is 15. The van der Waals surface area contributed by atoms with Gasteiger partial charge in [-0.05, 0) is 127 Å². The van der Waals surface area contributed by atoms with Crippen molar-refractivity contribution in [3.8, 4) is 39.7 Å². The Morgan fingerprint density at radius 1 is 1.11 bits per heavy atom. The van der Waals surface area contributed by atoms with Gasteiger partial charge in [0.25, 0.3) is 5.88 Å². The maximum atomic E-state index is 14.4. The summed E-state index contributed by atoms with van der Waals surface area (Å²) in [7, 11) is 0. The van der Waals surface area contributed by atoms with E-state index in [2.05, 4.69) is 66.5 Å². The second-order valence-corrected chi connectivity index (χ2v) is 23.1. The number of thiophene rings is 1. The summed E-state index contributed by atoms with van der Waals surface area (Å²) in [6, 6.07) is 5.95. The summed E-state index contributed by atoms with van der Waals surface area (Å²) in [6.45, 7) is 13.9. The van der Waals surface area contributed by atoms with E-state index in [-0.39, 0.29) is 42.5 Å². The highest BCUT2D eigenvalue weighted by Crippen LogP contribution is 2.49. The number of aromatic hydroxyl groups is 1. The van der Waals surface area contributed by atoms with Gasteiger partial charge < -0.3 is 45.2 Å². The predicted octanol–water partition coefficient (Wildman–Crippen LogP) is 6.92. The average Bonchev–Trinajstić information content (AvgIpc) is 4.24. The van der Waals surface area contributed by atoms with Crippen LogP contribution in [0.3, 0.4) is 0 Å². The first-order valence-corrected chi connectivity index (χ1v) is 28.0. The molecule has 1 unspecified atom stereocenters. The molecule has 0 radical (unpaired) electrons. The number of phenols is 1. The topological polar surface area (TPSA) is 264 Å². The number of benzene rings is 1. The van der Waals surface area contributed by atoms with Gasteiger partial charge in [0.1, 0.15) is 34.6 Å². The largest absolute Gasteiger partial charge is 0.508 e. The molecule has 7 heterocycles. The van der Waals surface area contributed by atoms with Crippen LogP contribution < -0.4 is 20.7 Å². The molecule has 0 bridgehead atoms. The van der Waals surface area contributed by atoms with Crippen LogP contribution in [0, 0.1) is 24.2 Å². The number of nitrogen functional groups attached to an aromatic ring is 1. The van der Waals surface area contributed by atoms with Crippen LogP contribution >= 0.6 is 22.7 Å². The van der Waals surface area contributed by atoms with Crippen molar-refractivity contribution in [1.29, 1.82) is 5.26 Å². The van der Waals surface area contributed by atoms with E-state index in [1.165, 1.54) is 32.3 Å². The van der Waals surface area contributed by atoms with Gasteiger partial charge in [-0.3, -0.25) is 9.59 Å². The van der Waals surface area contributed by atoms with E-state index in [0.29, 0.717) is 58.4 Å². The summed E-state index contributed by atoms with van der Waals surface area (Å²) in [5.74, 6) is 0.960. The van der Waals surface area contributed by atoms with Gasteiger partial charge >= 0.3 is 0 Å². The standard InChI is InChI=1S/C53H66N14O6S2/c1-30(2)45(50(71)66-27-35(68)24-39(66)49(70)58-37-13-7-6-12-33-22-34(23-40(69)43(33)37)46-32(4)57-29-74-46)67-28-42(61-63-67)72-21-9-8-18-64-19-11-20-65(31(3)26-64)52-56-17-15-38(59-52)48-60-51(73-62-48)53(5)16-10-14-41-44(53)36(25-54)47(55)75-41/h15,17,22-23,28-31,35,37,39,45,68-69H,6-14,16,18-21,24,26-27,55H2,1-5H3,(H,58,70)/t31-,35+,37?,39-,45-,53-/m0/s1. The Morgan fingerprint density at radius 3 is 2.76 bits per heavy atom. The lowest BCUT2D eigenvalue weighted by Gasteiger charge is -2.31. The molecular weight excluding hydrogens is 993 g/mol. The molecule has 2 aliphatic carbocycles. The van der Waals surface area contributed by atoms with Gasteiger partial charge in [-0.25, -0.2) is 19.6 Å². The number of aromatic nitrogens is 8.